The molecule has 3 heterocycles. The van der Waals surface area contributed by atoms with Crippen LogP contribution in [0.4, 0.5) is 0 Å². The van der Waals surface area contributed by atoms with Gasteiger partial charge in [0.2, 0.25) is 0 Å². The van der Waals surface area contributed by atoms with E-state index >= 15 is 0 Å². The van der Waals surface area contributed by atoms with Gasteiger partial charge in [-0.1, -0.05) is 12.1 Å². The predicted octanol–water partition coefficient (Wildman–Crippen LogP) is -3.19. The molecule has 0 aliphatic carbocycles. The van der Waals surface area contributed by atoms with Gasteiger partial charge in [0.05, 0.1) is 19.3 Å². The van der Waals surface area contributed by atoms with Crippen molar-refractivity contribution in [3.05, 3.63) is 53.6 Å². The molecule has 3 saturated heterocycles. The van der Waals surface area contributed by atoms with Crippen molar-refractivity contribution in [2.75, 3.05) is 19.8 Å². The molecular weight excluding hydrogens is 740 g/mol. The number of hydrogen-bond donors (Lipinski definition) is 12. The van der Waals surface area contributed by atoms with Gasteiger partial charge < -0.3 is 94.4 Å². The maximum Gasteiger partial charge on any atom is 0.330 e. The van der Waals surface area contributed by atoms with E-state index in [1.54, 1.807) is 0 Å². The number of benzene rings is 2. The highest BCUT2D eigenvalue weighted by molar-refractivity contribution is 5.87. The van der Waals surface area contributed by atoms with E-state index in [0.29, 0.717) is 11.1 Å². The zero-order valence-electron chi connectivity index (χ0n) is 29.2. The summed E-state index contributed by atoms with van der Waals surface area (Å²) in [5, 5.41) is 124. The summed E-state index contributed by atoms with van der Waals surface area (Å²) in [5.74, 6) is -2.44. The number of esters is 1. The maximum absolute atomic E-state index is 12.6. The molecule has 3 aliphatic heterocycles. The third-order valence-electron chi connectivity index (χ3n) is 9.37. The van der Waals surface area contributed by atoms with Crippen LogP contribution in [0, 0.1) is 0 Å². The maximum atomic E-state index is 12.6. The summed E-state index contributed by atoms with van der Waals surface area (Å²) in [7, 11) is 0. The fourth-order valence-electron chi connectivity index (χ4n) is 6.12. The first kappa shape index (κ1) is 42.4. The molecule has 306 valence electrons. The lowest BCUT2D eigenvalue weighted by Gasteiger charge is -2.48. The first-order valence-electron chi connectivity index (χ1n) is 17.2. The number of rotatable bonds is 13. The number of aromatic hydroxyl groups is 4. The van der Waals surface area contributed by atoms with Crippen LogP contribution < -0.4 is 0 Å². The Balaban J connectivity index is 1.34. The van der Waals surface area contributed by atoms with Gasteiger partial charge in [-0.3, -0.25) is 0 Å². The Morgan fingerprint density at radius 2 is 1.33 bits per heavy atom. The minimum atomic E-state index is -1.93. The Morgan fingerprint density at radius 3 is 2.00 bits per heavy atom. The van der Waals surface area contributed by atoms with E-state index in [4.69, 9.17) is 33.2 Å². The lowest BCUT2D eigenvalue weighted by atomic mass is 9.96. The zero-order valence-corrected chi connectivity index (χ0v) is 29.2. The van der Waals surface area contributed by atoms with Gasteiger partial charge >= 0.3 is 5.97 Å². The summed E-state index contributed by atoms with van der Waals surface area (Å²) in [6, 6.07) is 7.88. The average molecular weight is 787 g/mol. The van der Waals surface area contributed by atoms with Crippen molar-refractivity contribution >= 4 is 12.0 Å². The summed E-state index contributed by atoms with van der Waals surface area (Å²) in [6.07, 6.45) is -22.9. The van der Waals surface area contributed by atoms with Crippen molar-refractivity contribution in [2.45, 2.75) is 105 Å². The molecule has 0 spiro atoms. The van der Waals surface area contributed by atoms with Crippen LogP contribution in [0.15, 0.2) is 42.5 Å². The molecule has 20 nitrogen and oxygen atoms in total. The Morgan fingerprint density at radius 1 is 0.673 bits per heavy atom. The predicted molar refractivity (Wildman–Crippen MR) is 180 cm³/mol. The minimum absolute atomic E-state index is 0.133. The first-order chi connectivity index (χ1) is 26.1. The number of aliphatic hydroxyl groups excluding tert-OH is 8. The Bertz CT molecular complexity index is 1610. The number of phenols is 4. The standard InChI is InChI=1S/C35H46O20/c1-14-24(42)28(46)32(55-34-29(47)27(45)25(43)21(12-36)52-34)35(51-14)54-31-26(44)22(13-50-23(41)7-4-15-2-5-17(37)19(39)10-15)53-33(30(31)48)49-9-8-16-3-6-18(38)20(40)11-16/h2-7,10-11,14,21-22,24-40,42-48H,8-9,12-13H2,1H3. The zero-order chi connectivity index (χ0) is 40.1. The number of aliphatic hydroxyl groups is 8. The third kappa shape index (κ3) is 10.0. The fourth-order valence-corrected chi connectivity index (χ4v) is 6.12. The van der Waals surface area contributed by atoms with E-state index in [1.165, 1.54) is 49.4 Å². The summed E-state index contributed by atoms with van der Waals surface area (Å²) in [6.45, 7) is -0.231. The number of carbonyl (C=O) groups excluding carboxylic acids is 1. The van der Waals surface area contributed by atoms with E-state index in [9.17, 15) is 66.1 Å². The van der Waals surface area contributed by atoms with E-state index < -0.39 is 117 Å². The van der Waals surface area contributed by atoms with Crippen molar-refractivity contribution in [1.29, 1.82) is 0 Å². The van der Waals surface area contributed by atoms with E-state index in [1.807, 2.05) is 0 Å². The van der Waals surface area contributed by atoms with Crippen LogP contribution in [-0.2, 0) is 44.4 Å². The van der Waals surface area contributed by atoms with E-state index in [0.717, 1.165) is 6.08 Å². The minimum Gasteiger partial charge on any atom is -0.504 e. The Labute approximate surface area is 313 Å². The van der Waals surface area contributed by atoms with Crippen LogP contribution in [0.25, 0.3) is 6.08 Å². The van der Waals surface area contributed by atoms with Crippen LogP contribution in [0.5, 0.6) is 23.0 Å². The van der Waals surface area contributed by atoms with Crippen molar-refractivity contribution in [2.24, 2.45) is 0 Å². The van der Waals surface area contributed by atoms with Gasteiger partial charge in [0.1, 0.15) is 73.8 Å². The van der Waals surface area contributed by atoms with Crippen LogP contribution in [-0.4, -0.2) is 179 Å². The van der Waals surface area contributed by atoms with Gasteiger partial charge in [-0.15, -0.1) is 0 Å². The highest BCUT2D eigenvalue weighted by Gasteiger charge is 2.53. The van der Waals surface area contributed by atoms with Gasteiger partial charge in [0.15, 0.2) is 41.9 Å². The van der Waals surface area contributed by atoms with Gasteiger partial charge in [0, 0.05) is 6.08 Å². The number of ether oxygens (including phenoxy) is 7. The Hall–Kier alpha value is -3.71. The largest absolute Gasteiger partial charge is 0.504 e. The molecule has 0 amide bonds. The van der Waals surface area contributed by atoms with E-state index in [-0.39, 0.29) is 30.3 Å². The number of phenolic OH excluding ortho intramolecular Hbond substituents is 4. The molecular formula is C35H46O20. The number of hydrogen-bond acceptors (Lipinski definition) is 20. The highest BCUT2D eigenvalue weighted by Crippen LogP contribution is 2.34. The van der Waals surface area contributed by atoms with Gasteiger partial charge in [-0.25, -0.2) is 4.79 Å². The average Bonchev–Trinajstić information content (AvgIpc) is 3.16. The molecule has 0 saturated carbocycles. The highest BCUT2D eigenvalue weighted by atomic mass is 16.8. The quantitative estimate of drug-likeness (QED) is 0.0541. The third-order valence-corrected chi connectivity index (χ3v) is 9.37. The molecule has 0 aromatic heterocycles. The second kappa shape index (κ2) is 18.5. The van der Waals surface area contributed by atoms with Crippen LogP contribution in [0.2, 0.25) is 0 Å². The molecule has 2 aromatic carbocycles. The van der Waals surface area contributed by atoms with Crippen molar-refractivity contribution < 1.29 is 99.2 Å². The summed E-state index contributed by atoms with van der Waals surface area (Å²) < 4.78 is 39.6. The summed E-state index contributed by atoms with van der Waals surface area (Å²) in [5.41, 5.74) is 0.862. The lowest BCUT2D eigenvalue weighted by molar-refractivity contribution is -0.386. The molecule has 3 aliphatic rings. The molecule has 55 heavy (non-hydrogen) atoms. The topological polar surface area (TPSA) is 324 Å². The monoisotopic (exact) mass is 786 g/mol. The molecule has 0 bridgehead atoms. The van der Waals surface area contributed by atoms with Gasteiger partial charge in [-0.2, -0.15) is 0 Å². The van der Waals surface area contributed by atoms with E-state index in [2.05, 4.69) is 0 Å². The molecule has 12 N–H and O–H groups in total. The van der Waals surface area contributed by atoms with Crippen LogP contribution in [0.1, 0.15) is 18.1 Å². The number of carbonyl (C=O) groups is 1. The first-order valence-corrected chi connectivity index (χ1v) is 17.2. The second-order valence-electron chi connectivity index (χ2n) is 13.3. The smallest absolute Gasteiger partial charge is 0.330 e. The second-order valence-corrected chi connectivity index (χ2v) is 13.3. The fraction of sp³-hybridized carbons (Fsp3) is 0.571. The molecule has 15 atom stereocenters. The Kier molecular flexibility index (Phi) is 14.3. The normalized spacial score (nSPS) is 36.9. The SMILES string of the molecule is CC1OC(OC2C(O)C(COC(=O)C=Cc3ccc(O)c(O)c3)OC(OCCc3ccc(O)c(O)c3)C2O)C(OC2OC(CO)C(O)C(O)C2O)C(O)C1O. The van der Waals surface area contributed by atoms with Gasteiger partial charge in [0.25, 0.3) is 0 Å². The molecule has 5 rings (SSSR count). The molecule has 15 unspecified atom stereocenters. The summed E-state index contributed by atoms with van der Waals surface area (Å²) in [4.78, 5) is 12.6. The lowest BCUT2D eigenvalue weighted by Crippen LogP contribution is -2.66. The van der Waals surface area contributed by atoms with Crippen LogP contribution >= 0.6 is 0 Å². The van der Waals surface area contributed by atoms with Crippen molar-refractivity contribution in [3.63, 3.8) is 0 Å². The molecule has 0 radical (unpaired) electrons. The molecule has 3 fully saturated rings. The van der Waals surface area contributed by atoms with Crippen molar-refractivity contribution in [3.8, 4) is 23.0 Å². The van der Waals surface area contributed by atoms with Gasteiger partial charge in [-0.05, 0) is 54.8 Å². The van der Waals surface area contributed by atoms with Crippen molar-refractivity contribution in [1.82, 2.24) is 0 Å². The van der Waals surface area contributed by atoms with Crippen LogP contribution in [0.3, 0.4) is 0 Å². The molecule has 20 heteroatoms. The summed E-state index contributed by atoms with van der Waals surface area (Å²) >= 11 is 0. The molecule has 2 aromatic rings.